The van der Waals surface area contributed by atoms with Crippen molar-refractivity contribution in [3.63, 3.8) is 0 Å². The van der Waals surface area contributed by atoms with E-state index in [1.54, 1.807) is 36.4 Å². The van der Waals surface area contributed by atoms with Crippen LogP contribution in [0.2, 0.25) is 0 Å². The topological polar surface area (TPSA) is 122 Å². The molecule has 35 heavy (non-hydrogen) atoms. The first kappa shape index (κ1) is 23.2. The monoisotopic (exact) mass is 499 g/mol. The normalized spacial score (nSPS) is 21.9. The lowest BCUT2D eigenvalue weighted by molar-refractivity contribution is -0.122. The highest BCUT2D eigenvalue weighted by molar-refractivity contribution is 7.91. The maximum absolute atomic E-state index is 13.6. The van der Waals surface area contributed by atoms with E-state index in [1.165, 1.54) is 24.0 Å². The summed E-state index contributed by atoms with van der Waals surface area (Å²) in [6, 6.07) is 10.1. The molecule has 0 spiro atoms. The third-order valence-corrected chi connectivity index (χ3v) is 8.55. The Hall–Kier alpha value is -3.60. The zero-order valence-electron chi connectivity index (χ0n) is 19.3. The highest BCUT2D eigenvalue weighted by Gasteiger charge is 2.50. The second-order valence-corrected chi connectivity index (χ2v) is 11.1. The number of benzene rings is 2. The van der Waals surface area contributed by atoms with Gasteiger partial charge in [0.15, 0.2) is 21.3 Å². The number of amides is 3. The molecule has 1 N–H and O–H groups in total. The number of hydrogen-bond acceptors (Lipinski definition) is 7. The molecule has 3 heterocycles. The van der Waals surface area contributed by atoms with Crippen LogP contribution in [-0.4, -0.2) is 69.9 Å². The molecular weight excluding hydrogens is 474 g/mol. The summed E-state index contributed by atoms with van der Waals surface area (Å²) in [6.45, 7) is -0.0829. The zero-order chi connectivity index (χ0) is 24.9. The molecule has 3 aliphatic heterocycles. The predicted octanol–water partition coefficient (Wildman–Crippen LogP) is 1.37. The average Bonchev–Trinajstić information content (AvgIpc) is 3.35. The zero-order valence-corrected chi connectivity index (χ0v) is 20.1. The first-order chi connectivity index (χ1) is 16.8. The maximum atomic E-state index is 13.6. The van der Waals surface area contributed by atoms with Crippen LogP contribution in [-0.2, 0) is 14.6 Å². The number of nitrogens with zero attached hydrogens (tertiary/aromatic N) is 2. The van der Waals surface area contributed by atoms with Crippen LogP contribution in [0.25, 0.3) is 0 Å². The molecule has 0 aliphatic carbocycles. The number of sulfone groups is 1. The van der Waals surface area contributed by atoms with Crippen LogP contribution < -0.4 is 19.7 Å². The van der Waals surface area contributed by atoms with E-state index in [9.17, 15) is 22.8 Å². The minimum atomic E-state index is -3.06. The summed E-state index contributed by atoms with van der Waals surface area (Å²) in [5.74, 6) is -0.499. The number of ether oxygens (including phenoxy) is 2. The summed E-state index contributed by atoms with van der Waals surface area (Å²) >= 11 is 0. The number of hydrogen-bond donors (Lipinski definition) is 1. The molecule has 10 nitrogen and oxygen atoms in total. The Balaban J connectivity index is 1.49. The Morgan fingerprint density at radius 2 is 1.86 bits per heavy atom. The van der Waals surface area contributed by atoms with E-state index in [0.717, 1.165) is 0 Å². The van der Waals surface area contributed by atoms with E-state index < -0.39 is 21.9 Å². The summed E-state index contributed by atoms with van der Waals surface area (Å²) < 4.78 is 34.3. The number of carbonyl (C=O) groups excluding carboxylic acids is 3. The van der Waals surface area contributed by atoms with Gasteiger partial charge in [-0.2, -0.15) is 0 Å². The van der Waals surface area contributed by atoms with Gasteiger partial charge in [0.2, 0.25) is 5.91 Å². The van der Waals surface area contributed by atoms with Gasteiger partial charge in [-0.25, -0.2) is 8.42 Å². The number of nitrogens with one attached hydrogen (secondary N) is 1. The van der Waals surface area contributed by atoms with Crippen LogP contribution >= 0.6 is 0 Å². The van der Waals surface area contributed by atoms with Gasteiger partial charge in [-0.1, -0.05) is 18.2 Å². The van der Waals surface area contributed by atoms with Crippen LogP contribution in [0.5, 0.6) is 11.5 Å². The van der Waals surface area contributed by atoms with Gasteiger partial charge in [0, 0.05) is 12.1 Å². The van der Waals surface area contributed by atoms with Gasteiger partial charge >= 0.3 is 0 Å². The van der Waals surface area contributed by atoms with Crippen molar-refractivity contribution in [2.24, 2.45) is 5.92 Å². The quantitative estimate of drug-likeness (QED) is 0.637. The number of methoxy groups -OCH3 is 2. The molecule has 3 amide bonds. The van der Waals surface area contributed by atoms with Gasteiger partial charge in [-0.3, -0.25) is 19.3 Å². The number of carbonyl (C=O) groups is 3. The molecule has 0 radical (unpaired) electrons. The van der Waals surface area contributed by atoms with Crippen LogP contribution in [0.4, 0.5) is 5.69 Å². The van der Waals surface area contributed by atoms with Crippen molar-refractivity contribution in [2.75, 3.05) is 43.7 Å². The van der Waals surface area contributed by atoms with Crippen molar-refractivity contribution in [1.29, 1.82) is 0 Å². The van der Waals surface area contributed by atoms with Gasteiger partial charge in [0.1, 0.15) is 12.7 Å². The number of rotatable bonds is 6. The fourth-order valence-electron chi connectivity index (χ4n) is 5.09. The Morgan fingerprint density at radius 3 is 2.54 bits per heavy atom. The van der Waals surface area contributed by atoms with E-state index in [-0.39, 0.29) is 53.6 Å². The Labute approximate surface area is 202 Å². The summed E-state index contributed by atoms with van der Waals surface area (Å²) in [7, 11) is -0.144. The molecular formula is C24H25N3O7S. The fraction of sp³-hybridized carbons (Fsp3) is 0.375. The Kier molecular flexibility index (Phi) is 5.66. The summed E-state index contributed by atoms with van der Waals surface area (Å²) in [4.78, 5) is 42.9. The van der Waals surface area contributed by atoms with Gasteiger partial charge in [-0.15, -0.1) is 0 Å². The molecule has 1 fully saturated rings. The molecule has 11 heteroatoms. The van der Waals surface area contributed by atoms with Crippen LogP contribution in [0.1, 0.15) is 38.9 Å². The standard InChI is InChI=1S/C24H25N3O7S/c1-33-18-8-7-16-20(21(18)34-2)24(30)27-17-6-4-3-5-15(17)23(29)26(22(16)27)12-19(28)25-11-14-9-10-35(31,32)13-14/h3-8,14,22H,9-13H2,1-2H3,(H,25,28)/t14-,22-/m0/s1. The number of fused-ring (bicyclic) bond motifs is 5. The van der Waals surface area contributed by atoms with Gasteiger partial charge in [0.25, 0.3) is 11.8 Å². The first-order valence-corrected chi connectivity index (χ1v) is 13.0. The Bertz CT molecular complexity index is 1340. The maximum Gasteiger partial charge on any atom is 0.264 e. The van der Waals surface area contributed by atoms with Crippen molar-refractivity contribution >= 4 is 33.2 Å². The van der Waals surface area contributed by atoms with E-state index in [2.05, 4.69) is 5.32 Å². The lowest BCUT2D eigenvalue weighted by Gasteiger charge is -2.40. The molecule has 5 rings (SSSR count). The largest absolute Gasteiger partial charge is 0.493 e. The molecule has 2 aromatic carbocycles. The van der Waals surface area contributed by atoms with Gasteiger partial charge in [-0.05, 0) is 30.5 Å². The van der Waals surface area contributed by atoms with E-state index >= 15 is 0 Å². The second kappa shape index (κ2) is 8.56. The SMILES string of the molecule is COc1ccc2c(c1OC)C(=O)N1c3ccccc3C(=O)N(CC(=O)NC[C@@H]3CCS(=O)(=O)C3)[C@H]21. The molecule has 1 saturated heterocycles. The minimum absolute atomic E-state index is 0.0448. The lowest BCUT2D eigenvalue weighted by atomic mass is 10.0. The van der Waals surface area contributed by atoms with Crippen molar-refractivity contribution in [2.45, 2.75) is 12.6 Å². The molecule has 0 aromatic heterocycles. The molecule has 0 unspecified atom stereocenters. The van der Waals surface area contributed by atoms with Crippen molar-refractivity contribution < 1.29 is 32.3 Å². The van der Waals surface area contributed by atoms with E-state index in [1.807, 2.05) is 0 Å². The molecule has 2 atom stereocenters. The molecule has 2 aromatic rings. The van der Waals surface area contributed by atoms with Crippen LogP contribution in [0, 0.1) is 5.92 Å². The van der Waals surface area contributed by atoms with Crippen LogP contribution in [0.3, 0.4) is 0 Å². The number of anilines is 1. The van der Waals surface area contributed by atoms with E-state index in [0.29, 0.717) is 29.0 Å². The molecule has 0 saturated carbocycles. The van der Waals surface area contributed by atoms with Crippen molar-refractivity contribution in [3.05, 3.63) is 53.1 Å². The molecule has 0 bridgehead atoms. The second-order valence-electron chi connectivity index (χ2n) is 8.84. The summed E-state index contributed by atoms with van der Waals surface area (Å²) in [5, 5.41) is 2.76. The first-order valence-electron chi connectivity index (χ1n) is 11.2. The van der Waals surface area contributed by atoms with Crippen LogP contribution in [0.15, 0.2) is 36.4 Å². The third kappa shape index (κ3) is 3.79. The summed E-state index contributed by atoms with van der Waals surface area (Å²) in [5.41, 5.74) is 1.58. The fourth-order valence-corrected chi connectivity index (χ4v) is 6.95. The lowest BCUT2D eigenvalue weighted by Crippen LogP contribution is -2.51. The van der Waals surface area contributed by atoms with Crippen molar-refractivity contribution in [3.8, 4) is 11.5 Å². The van der Waals surface area contributed by atoms with Gasteiger partial charge < -0.3 is 19.7 Å². The predicted molar refractivity (Wildman–Crippen MR) is 126 cm³/mol. The highest BCUT2D eigenvalue weighted by atomic mass is 32.2. The average molecular weight is 500 g/mol. The van der Waals surface area contributed by atoms with E-state index in [4.69, 9.17) is 9.47 Å². The molecule has 3 aliphatic rings. The van der Waals surface area contributed by atoms with Crippen molar-refractivity contribution in [1.82, 2.24) is 10.2 Å². The smallest absolute Gasteiger partial charge is 0.264 e. The van der Waals surface area contributed by atoms with Gasteiger partial charge in [0.05, 0.1) is 42.5 Å². The third-order valence-electron chi connectivity index (χ3n) is 6.71. The highest BCUT2D eigenvalue weighted by Crippen LogP contribution is 2.49. The Morgan fingerprint density at radius 1 is 1.09 bits per heavy atom. The minimum Gasteiger partial charge on any atom is -0.493 e. The molecule has 184 valence electrons. The summed E-state index contributed by atoms with van der Waals surface area (Å²) in [6.07, 6.45) is -0.337. The number of para-hydroxylation sites is 1.